The van der Waals surface area contributed by atoms with Crippen LogP contribution in [0.2, 0.25) is 0 Å². The lowest BCUT2D eigenvalue weighted by molar-refractivity contribution is -0.395. The van der Waals surface area contributed by atoms with Crippen molar-refractivity contribution in [3.63, 3.8) is 0 Å². The fraction of sp³-hybridized carbons (Fsp3) is 0.941. The Morgan fingerprint density at radius 3 is 1.56 bits per heavy atom. The predicted molar refractivity (Wildman–Crippen MR) is 191 cm³/mol. The fourth-order valence-corrected chi connectivity index (χ4v) is 7.34. The summed E-state index contributed by atoms with van der Waals surface area (Å²) in [6, 6.07) is -3.35. The number of hydrogen-bond donors (Lipinski definition) is 17. The SMILES string of the molecule is CC(=O)N[C@H]1[C@@H](O[C@H]2[C@@H](O)[C@@H](CO)O[C@@H](O[C@@H]([C@@H](O)[C@H](O)CO)[C@H](CO)NC(C)=O)[C@@H]2O[C@@H]2O[C@@H](C)[C@@H](O)[C@@H](O)[C@@H]2O)O[C@H](CO)[C@H](O)[C@@H]1O[C@H]1O[C@H](CO)[C@H](O)[C@H](O)[C@H]1O. The van der Waals surface area contributed by atoms with Gasteiger partial charge in [0, 0.05) is 13.8 Å². The first-order valence-electron chi connectivity index (χ1n) is 19.4. The van der Waals surface area contributed by atoms with Gasteiger partial charge >= 0.3 is 0 Å². The number of nitrogens with one attached hydrogen (secondary N) is 2. The van der Waals surface area contributed by atoms with Gasteiger partial charge in [-0.15, -0.1) is 0 Å². The zero-order valence-corrected chi connectivity index (χ0v) is 33.2. The van der Waals surface area contributed by atoms with Crippen LogP contribution in [0.3, 0.4) is 0 Å². The second-order valence-electron chi connectivity index (χ2n) is 15.2. The largest absolute Gasteiger partial charge is 0.394 e. The van der Waals surface area contributed by atoms with Crippen LogP contribution in [0.5, 0.6) is 0 Å². The summed E-state index contributed by atoms with van der Waals surface area (Å²) >= 11 is 0. The van der Waals surface area contributed by atoms with E-state index in [1.54, 1.807) is 0 Å². The van der Waals surface area contributed by atoms with Crippen molar-refractivity contribution in [1.82, 2.24) is 10.6 Å². The van der Waals surface area contributed by atoms with Gasteiger partial charge < -0.3 is 125 Å². The topological polar surface area (TPSA) is 435 Å². The lowest BCUT2D eigenvalue weighted by Crippen LogP contribution is -2.70. The third kappa shape index (κ3) is 11.8. The van der Waals surface area contributed by atoms with Gasteiger partial charge in [0.25, 0.3) is 0 Å². The van der Waals surface area contributed by atoms with E-state index >= 15 is 0 Å². The van der Waals surface area contributed by atoms with E-state index in [2.05, 4.69) is 10.6 Å². The van der Waals surface area contributed by atoms with E-state index < -0.39 is 192 Å². The Morgan fingerprint density at radius 1 is 0.557 bits per heavy atom. The van der Waals surface area contributed by atoms with Crippen molar-refractivity contribution in [2.24, 2.45) is 0 Å². The summed E-state index contributed by atoms with van der Waals surface area (Å²) in [6.07, 6.45) is -41.7. The molecule has 27 nitrogen and oxygen atoms in total. The van der Waals surface area contributed by atoms with Crippen molar-refractivity contribution in [2.45, 2.75) is 168 Å². The van der Waals surface area contributed by atoms with Crippen LogP contribution in [-0.4, -0.2) is 269 Å². The summed E-state index contributed by atoms with van der Waals surface area (Å²) < 4.78 is 46.7. The van der Waals surface area contributed by atoms with Crippen LogP contribution in [0.4, 0.5) is 0 Å². The molecule has 0 saturated carbocycles. The molecule has 2 amide bonds. The first kappa shape index (κ1) is 51.7. The molecular formula is C34H60N2O25. The smallest absolute Gasteiger partial charge is 0.217 e. The molecular weight excluding hydrogens is 836 g/mol. The van der Waals surface area contributed by atoms with E-state index in [1.165, 1.54) is 6.92 Å². The third-order valence-electron chi connectivity index (χ3n) is 10.7. The van der Waals surface area contributed by atoms with Gasteiger partial charge in [0.1, 0.15) is 110 Å². The van der Waals surface area contributed by atoms with E-state index in [0.717, 1.165) is 13.8 Å². The zero-order chi connectivity index (χ0) is 45.6. The second-order valence-corrected chi connectivity index (χ2v) is 15.2. The molecule has 27 heteroatoms. The molecule has 356 valence electrons. The Hall–Kier alpha value is -1.98. The van der Waals surface area contributed by atoms with Gasteiger partial charge in [-0.1, -0.05) is 0 Å². The van der Waals surface area contributed by atoms with Crippen LogP contribution < -0.4 is 10.6 Å². The summed E-state index contributed by atoms with van der Waals surface area (Å²) in [4.78, 5) is 24.8. The molecule has 0 aromatic rings. The predicted octanol–water partition coefficient (Wildman–Crippen LogP) is -11.0. The Labute approximate surface area is 347 Å². The van der Waals surface area contributed by atoms with E-state index in [9.17, 15) is 86.2 Å². The summed E-state index contributed by atoms with van der Waals surface area (Å²) in [5, 5.41) is 163. The number of aliphatic hydroxyl groups is 15. The Morgan fingerprint density at radius 2 is 1.03 bits per heavy atom. The van der Waals surface area contributed by atoms with Crippen LogP contribution in [0.25, 0.3) is 0 Å². The van der Waals surface area contributed by atoms with E-state index in [4.69, 9.17) is 37.9 Å². The molecule has 0 aromatic carbocycles. The van der Waals surface area contributed by atoms with E-state index in [0.29, 0.717) is 0 Å². The number of rotatable bonds is 18. The molecule has 4 fully saturated rings. The monoisotopic (exact) mass is 896 g/mol. The average molecular weight is 897 g/mol. The molecule has 4 aliphatic heterocycles. The highest BCUT2D eigenvalue weighted by atomic mass is 16.8. The number of ether oxygens (including phenoxy) is 8. The molecule has 61 heavy (non-hydrogen) atoms. The summed E-state index contributed by atoms with van der Waals surface area (Å²) in [5.74, 6) is -1.62. The molecule has 4 rings (SSSR count). The minimum absolute atomic E-state index is 0.777. The molecule has 0 radical (unpaired) electrons. The molecule has 24 atom stereocenters. The number of carbonyl (C=O) groups excluding carboxylic acids is 2. The van der Waals surface area contributed by atoms with Crippen LogP contribution >= 0.6 is 0 Å². The average Bonchev–Trinajstić information content (AvgIpc) is 3.23. The summed E-state index contributed by atoms with van der Waals surface area (Å²) in [7, 11) is 0. The van der Waals surface area contributed by atoms with Crippen molar-refractivity contribution >= 4 is 11.8 Å². The highest BCUT2D eigenvalue weighted by molar-refractivity contribution is 5.73. The summed E-state index contributed by atoms with van der Waals surface area (Å²) in [6.45, 7) is -1.65. The lowest BCUT2D eigenvalue weighted by atomic mass is 9.94. The Balaban J connectivity index is 1.82. The normalized spacial score (nSPS) is 44.1. The van der Waals surface area contributed by atoms with Crippen LogP contribution in [-0.2, 0) is 47.5 Å². The number of carbonyl (C=O) groups is 2. The Bertz CT molecular complexity index is 1370. The van der Waals surface area contributed by atoms with Gasteiger partial charge in [0.15, 0.2) is 25.2 Å². The van der Waals surface area contributed by atoms with Gasteiger partial charge in [0.05, 0.1) is 45.2 Å². The van der Waals surface area contributed by atoms with Crippen molar-refractivity contribution < 1.29 is 124 Å². The Kier molecular flexibility index (Phi) is 19.3. The first-order valence-corrected chi connectivity index (χ1v) is 19.4. The fourth-order valence-electron chi connectivity index (χ4n) is 7.34. The van der Waals surface area contributed by atoms with E-state index in [1.807, 2.05) is 0 Å². The van der Waals surface area contributed by atoms with Gasteiger partial charge in [-0.2, -0.15) is 0 Å². The maximum absolute atomic E-state index is 12.7. The van der Waals surface area contributed by atoms with Gasteiger partial charge in [-0.3, -0.25) is 9.59 Å². The second kappa shape index (κ2) is 22.8. The molecule has 0 bridgehead atoms. The zero-order valence-electron chi connectivity index (χ0n) is 33.2. The minimum atomic E-state index is -2.15. The number of hydrogen-bond acceptors (Lipinski definition) is 25. The van der Waals surface area contributed by atoms with Crippen LogP contribution in [0, 0.1) is 0 Å². The molecule has 0 spiro atoms. The molecule has 0 aliphatic carbocycles. The van der Waals surface area contributed by atoms with Crippen molar-refractivity contribution in [3.8, 4) is 0 Å². The lowest BCUT2D eigenvalue weighted by Gasteiger charge is -2.51. The third-order valence-corrected chi connectivity index (χ3v) is 10.7. The highest BCUT2D eigenvalue weighted by Gasteiger charge is 2.57. The number of amides is 2. The summed E-state index contributed by atoms with van der Waals surface area (Å²) in [5.41, 5.74) is 0. The highest BCUT2D eigenvalue weighted by Crippen LogP contribution is 2.36. The first-order chi connectivity index (χ1) is 28.7. The minimum Gasteiger partial charge on any atom is -0.394 e. The van der Waals surface area contributed by atoms with Gasteiger partial charge in [0.2, 0.25) is 11.8 Å². The van der Waals surface area contributed by atoms with Crippen LogP contribution in [0.1, 0.15) is 20.8 Å². The standard InChI is InChI=1S/C34H60N2O25/c1-9-18(45)23(50)25(52)32(54-9)61-30-29(22(49)16(8-41)57-34(30)58-27(19(46)13(44)5-38)12(4-37)35-10(2)42)60-31-17(36-11(3)43)28(21(48)15(7-40)55-31)59-33-26(53)24(51)20(47)14(6-39)56-33/h9,12-34,37-41,44-53H,4-8H2,1-3H3,(H,35,42)(H,36,43)/t9-,12-,13+,14+,15+,16+,17+,18+,19-,20-,21-,22-,23+,24-,25-,26+,27+,28+,29-,30+,31+,32-,33+,34-/m0/s1. The molecule has 17 N–H and O–H groups in total. The maximum atomic E-state index is 12.7. The molecule has 0 unspecified atom stereocenters. The molecule has 0 aromatic heterocycles. The van der Waals surface area contributed by atoms with Gasteiger partial charge in [-0.05, 0) is 6.92 Å². The van der Waals surface area contributed by atoms with Crippen molar-refractivity contribution in [2.75, 3.05) is 33.0 Å². The van der Waals surface area contributed by atoms with Crippen molar-refractivity contribution in [1.29, 1.82) is 0 Å². The van der Waals surface area contributed by atoms with Crippen LogP contribution in [0.15, 0.2) is 0 Å². The molecule has 4 saturated heterocycles. The molecule has 4 heterocycles. The van der Waals surface area contributed by atoms with Crippen molar-refractivity contribution in [3.05, 3.63) is 0 Å². The quantitative estimate of drug-likeness (QED) is 0.0607. The molecule has 4 aliphatic rings. The van der Waals surface area contributed by atoms with E-state index in [-0.39, 0.29) is 0 Å². The number of aliphatic hydroxyl groups excluding tert-OH is 15. The maximum Gasteiger partial charge on any atom is 0.217 e. The van der Waals surface area contributed by atoms with Gasteiger partial charge in [-0.25, -0.2) is 0 Å².